The summed E-state index contributed by atoms with van der Waals surface area (Å²) in [7, 11) is 1.69. The smallest absolute Gasteiger partial charge is 0.217 e. The van der Waals surface area contributed by atoms with Crippen LogP contribution >= 0.6 is 0 Å². The van der Waals surface area contributed by atoms with Crippen LogP contribution in [0.3, 0.4) is 0 Å². The van der Waals surface area contributed by atoms with Crippen LogP contribution in [0.2, 0.25) is 0 Å². The van der Waals surface area contributed by atoms with Crippen LogP contribution in [-0.2, 0) is 11.2 Å². The molecule has 0 amide bonds. The molecular formula is C21H28FN3O2. The van der Waals surface area contributed by atoms with Crippen LogP contribution in [0, 0.1) is 11.7 Å². The van der Waals surface area contributed by atoms with Gasteiger partial charge in [0.05, 0.1) is 25.5 Å². The van der Waals surface area contributed by atoms with Crippen molar-refractivity contribution in [1.29, 1.82) is 0 Å². The summed E-state index contributed by atoms with van der Waals surface area (Å²) in [6, 6.07) is 1.84. The van der Waals surface area contributed by atoms with Crippen molar-refractivity contribution in [1.82, 2.24) is 15.2 Å². The highest BCUT2D eigenvalue weighted by molar-refractivity contribution is 5.33. The first kappa shape index (κ1) is 18.3. The van der Waals surface area contributed by atoms with Gasteiger partial charge in [0.2, 0.25) is 5.88 Å². The summed E-state index contributed by atoms with van der Waals surface area (Å²) < 4.78 is 25.5. The Labute approximate surface area is 160 Å². The highest BCUT2D eigenvalue weighted by atomic mass is 19.1. The molecule has 3 atom stereocenters. The van der Waals surface area contributed by atoms with E-state index in [1.54, 1.807) is 13.2 Å². The molecule has 5 nitrogen and oxygen atoms in total. The Bertz CT molecular complexity index is 777. The van der Waals surface area contributed by atoms with Gasteiger partial charge in [-0.05, 0) is 50.8 Å². The van der Waals surface area contributed by atoms with E-state index < -0.39 is 0 Å². The van der Waals surface area contributed by atoms with E-state index in [-0.39, 0.29) is 17.9 Å². The molecule has 1 fully saturated rings. The Balaban J connectivity index is 1.42. The van der Waals surface area contributed by atoms with Crippen LogP contribution in [0.4, 0.5) is 4.39 Å². The highest BCUT2D eigenvalue weighted by Crippen LogP contribution is 2.34. The molecule has 0 spiro atoms. The Hall–Kier alpha value is -2.08. The molecule has 1 unspecified atom stereocenters. The largest absolute Gasteiger partial charge is 0.483 e. The number of nitrogens with zero attached hydrogens (tertiary/aromatic N) is 2. The van der Waals surface area contributed by atoms with Gasteiger partial charge in [0.25, 0.3) is 0 Å². The molecule has 3 aliphatic heterocycles. The zero-order valence-corrected chi connectivity index (χ0v) is 16.3. The van der Waals surface area contributed by atoms with Crippen LogP contribution in [0.5, 0.6) is 5.88 Å². The number of nitrogens with one attached hydrogen (secondary N) is 1. The zero-order chi connectivity index (χ0) is 19.0. The summed E-state index contributed by atoms with van der Waals surface area (Å²) in [6.45, 7) is 6.69. The number of likely N-dealkylation sites (tertiary alicyclic amines) is 1. The van der Waals surface area contributed by atoms with E-state index in [1.807, 2.05) is 6.92 Å². The van der Waals surface area contributed by atoms with Crippen LogP contribution < -0.4 is 10.1 Å². The van der Waals surface area contributed by atoms with Crippen LogP contribution in [0.25, 0.3) is 0 Å². The van der Waals surface area contributed by atoms with Crippen molar-refractivity contribution in [2.75, 3.05) is 26.8 Å². The zero-order valence-electron chi connectivity index (χ0n) is 16.3. The SMILES string of the molecule is COC1=CC(C[C@H]2CCN([C@H](C)c3nc4c(cc3F)CCO4)C2)=CC(C)N1. The van der Waals surface area contributed by atoms with Crippen molar-refractivity contribution < 1.29 is 13.9 Å². The Morgan fingerprint density at radius 2 is 2.33 bits per heavy atom. The first-order chi connectivity index (χ1) is 13.0. The molecule has 4 heterocycles. The van der Waals surface area contributed by atoms with Gasteiger partial charge >= 0.3 is 0 Å². The lowest BCUT2D eigenvalue weighted by Gasteiger charge is -2.25. The standard InChI is InChI=1S/C21H28FN3O2/c1-13-8-16(10-19(23-13)26-3)9-15-4-6-25(12-15)14(2)20-18(22)11-17-5-7-27-21(17)24-20/h8,10-11,13-15,23H,4-7,9,12H2,1-3H3/t13?,14-,15-/m1/s1. The number of dihydropyridines is 1. The molecule has 1 aromatic rings. The number of hydrogen-bond acceptors (Lipinski definition) is 5. The predicted molar refractivity (Wildman–Crippen MR) is 102 cm³/mol. The average molecular weight is 373 g/mol. The van der Waals surface area contributed by atoms with Crippen molar-refractivity contribution in [3.8, 4) is 5.88 Å². The van der Waals surface area contributed by atoms with Gasteiger partial charge in [0.1, 0.15) is 5.82 Å². The third kappa shape index (κ3) is 3.81. The molecule has 1 aromatic heterocycles. The molecule has 27 heavy (non-hydrogen) atoms. The van der Waals surface area contributed by atoms with Crippen molar-refractivity contribution in [3.63, 3.8) is 0 Å². The maximum Gasteiger partial charge on any atom is 0.217 e. The summed E-state index contributed by atoms with van der Waals surface area (Å²) in [6.07, 6.45) is 7.23. The summed E-state index contributed by atoms with van der Waals surface area (Å²) in [5, 5.41) is 3.29. The lowest BCUT2D eigenvalue weighted by atomic mass is 9.96. The van der Waals surface area contributed by atoms with E-state index in [9.17, 15) is 4.39 Å². The number of hydrogen-bond donors (Lipinski definition) is 1. The maximum absolute atomic E-state index is 14.6. The van der Waals surface area contributed by atoms with E-state index in [2.05, 4.69) is 34.3 Å². The Morgan fingerprint density at radius 1 is 1.48 bits per heavy atom. The minimum Gasteiger partial charge on any atom is -0.483 e. The van der Waals surface area contributed by atoms with E-state index >= 15 is 0 Å². The second-order valence-corrected chi connectivity index (χ2v) is 7.84. The third-order valence-corrected chi connectivity index (χ3v) is 5.81. The number of halogens is 1. The molecule has 1 saturated heterocycles. The fourth-order valence-electron chi connectivity index (χ4n) is 4.36. The molecule has 0 aromatic carbocycles. The summed E-state index contributed by atoms with van der Waals surface area (Å²) in [4.78, 5) is 6.82. The molecule has 0 saturated carbocycles. The lowest BCUT2D eigenvalue weighted by molar-refractivity contribution is 0.239. The molecule has 0 bridgehead atoms. The number of aromatic nitrogens is 1. The fraction of sp³-hybridized carbons (Fsp3) is 0.571. The molecule has 0 radical (unpaired) electrons. The molecule has 1 N–H and O–H groups in total. The summed E-state index contributed by atoms with van der Waals surface area (Å²) >= 11 is 0. The van der Waals surface area contributed by atoms with Gasteiger partial charge in [-0.3, -0.25) is 4.90 Å². The number of methoxy groups -OCH3 is 1. The van der Waals surface area contributed by atoms with Gasteiger partial charge in [-0.25, -0.2) is 9.37 Å². The minimum absolute atomic E-state index is 0.0458. The molecule has 3 aliphatic rings. The maximum atomic E-state index is 14.6. The van der Waals surface area contributed by atoms with Gasteiger partial charge in [-0.1, -0.05) is 6.08 Å². The molecular weight excluding hydrogens is 345 g/mol. The lowest BCUT2D eigenvalue weighted by Crippen LogP contribution is -2.28. The number of allylic oxidation sites excluding steroid dienone is 2. The van der Waals surface area contributed by atoms with Crippen LogP contribution in [0.1, 0.15) is 44.0 Å². The first-order valence-corrected chi connectivity index (χ1v) is 9.82. The topological polar surface area (TPSA) is 46.6 Å². The summed E-state index contributed by atoms with van der Waals surface area (Å²) in [5.74, 6) is 1.79. The van der Waals surface area contributed by atoms with Crippen molar-refractivity contribution >= 4 is 0 Å². The Morgan fingerprint density at radius 3 is 3.15 bits per heavy atom. The third-order valence-electron chi connectivity index (χ3n) is 5.81. The van der Waals surface area contributed by atoms with Gasteiger partial charge in [0.15, 0.2) is 5.88 Å². The van der Waals surface area contributed by atoms with Crippen LogP contribution in [-0.4, -0.2) is 42.7 Å². The van der Waals surface area contributed by atoms with Gasteiger partial charge in [-0.15, -0.1) is 0 Å². The van der Waals surface area contributed by atoms with Crippen molar-refractivity contribution in [2.24, 2.45) is 5.92 Å². The van der Waals surface area contributed by atoms with E-state index in [0.29, 0.717) is 24.1 Å². The monoisotopic (exact) mass is 373 g/mol. The van der Waals surface area contributed by atoms with Crippen molar-refractivity contribution in [3.05, 3.63) is 46.7 Å². The van der Waals surface area contributed by atoms with Gasteiger partial charge in [0, 0.05) is 30.6 Å². The van der Waals surface area contributed by atoms with Crippen molar-refractivity contribution in [2.45, 2.75) is 45.2 Å². The number of rotatable bonds is 5. The predicted octanol–water partition coefficient (Wildman–Crippen LogP) is 3.33. The summed E-state index contributed by atoms with van der Waals surface area (Å²) in [5.41, 5.74) is 2.70. The molecule has 146 valence electrons. The average Bonchev–Trinajstić information content (AvgIpc) is 3.28. The quantitative estimate of drug-likeness (QED) is 0.858. The minimum atomic E-state index is -0.210. The first-order valence-electron chi connectivity index (χ1n) is 9.82. The van der Waals surface area contributed by atoms with Gasteiger partial charge in [-0.2, -0.15) is 0 Å². The molecule has 0 aliphatic carbocycles. The number of fused-ring (bicyclic) bond motifs is 1. The fourth-order valence-corrected chi connectivity index (χ4v) is 4.36. The number of ether oxygens (including phenoxy) is 2. The normalized spacial score (nSPS) is 25.9. The van der Waals surface area contributed by atoms with E-state index in [1.165, 1.54) is 5.57 Å². The molecule has 4 rings (SSSR count). The highest BCUT2D eigenvalue weighted by Gasteiger charge is 2.31. The second kappa shape index (κ2) is 7.50. The van der Waals surface area contributed by atoms with Gasteiger partial charge < -0.3 is 14.8 Å². The van der Waals surface area contributed by atoms with Crippen LogP contribution in [0.15, 0.2) is 29.7 Å². The molecule has 6 heteroatoms. The Kier molecular flexibility index (Phi) is 5.08. The van der Waals surface area contributed by atoms with E-state index in [0.717, 1.165) is 43.8 Å². The van der Waals surface area contributed by atoms with E-state index in [4.69, 9.17) is 9.47 Å². The second-order valence-electron chi connectivity index (χ2n) is 7.84. The number of pyridine rings is 1.